The predicted molar refractivity (Wildman–Crippen MR) is 314 cm³/mol. The quantitative estimate of drug-likeness (QED) is 0.0342. The van der Waals surface area contributed by atoms with Gasteiger partial charge in [-0.1, -0.05) is 58.2 Å². The van der Waals surface area contributed by atoms with Crippen molar-refractivity contribution < 1.29 is 33.1 Å². The minimum absolute atomic E-state index is 0.0121. The number of piperidine rings is 1. The normalized spacial score (nSPS) is 14.7. The number of thiazole rings is 1. The fraction of sp³-hybridized carbons (Fsp3) is 0.459. The number of carbonyl (C=O) groups is 4. The minimum atomic E-state index is -1.15. The lowest BCUT2D eigenvalue weighted by Gasteiger charge is -2.26. The number of likely N-dealkylation sites (tertiary alicyclic amines) is 1. The zero-order valence-corrected chi connectivity index (χ0v) is 47.9. The first-order valence-electron chi connectivity index (χ1n) is 28.2. The average Bonchev–Trinajstić information content (AvgIpc) is 4.23. The van der Waals surface area contributed by atoms with Crippen LogP contribution in [-0.4, -0.2) is 108 Å². The Balaban J connectivity index is 0.000000236. The number of imidazole rings is 2. The lowest BCUT2D eigenvalue weighted by atomic mass is 10.00. The molecule has 0 saturated carbocycles. The number of aliphatic hydroxyl groups excluding tert-OH is 1. The zero-order valence-electron chi connectivity index (χ0n) is 47.1. The number of fused-ring (bicyclic) bond motifs is 2. The number of anilines is 1. The second-order valence-electron chi connectivity index (χ2n) is 21.1. The van der Waals surface area contributed by atoms with Crippen LogP contribution < -0.4 is 27.0 Å². The van der Waals surface area contributed by atoms with Crippen LogP contribution in [0, 0.1) is 11.6 Å². The molecule has 2 amide bonds. The van der Waals surface area contributed by atoms with E-state index >= 15 is 0 Å². The molecule has 7 N–H and O–H groups in total. The Bertz CT molecular complexity index is 3170. The van der Waals surface area contributed by atoms with Crippen molar-refractivity contribution >= 4 is 62.5 Å². The molecule has 0 aliphatic carbocycles. The van der Waals surface area contributed by atoms with E-state index in [1.54, 1.807) is 42.7 Å². The van der Waals surface area contributed by atoms with Crippen molar-refractivity contribution in [3.8, 4) is 22.2 Å². The van der Waals surface area contributed by atoms with Crippen LogP contribution in [0.1, 0.15) is 135 Å². The fourth-order valence-corrected chi connectivity index (χ4v) is 10.8. The molecule has 7 aromatic rings. The lowest BCUT2D eigenvalue weighted by Crippen LogP contribution is -2.48. The van der Waals surface area contributed by atoms with Crippen molar-refractivity contribution in [1.29, 1.82) is 0 Å². The van der Waals surface area contributed by atoms with Gasteiger partial charge in [0, 0.05) is 68.4 Å². The number of ketones is 2. The highest BCUT2D eigenvalue weighted by atomic mass is 32.1. The molecule has 80 heavy (non-hydrogen) atoms. The van der Waals surface area contributed by atoms with E-state index in [1.807, 2.05) is 40.3 Å². The summed E-state index contributed by atoms with van der Waals surface area (Å²) in [5.74, 6) is -1.25. The standard InChI is InChI=1S/C34H41F2N5O3.C27H38N6O2S/c1-5-15-40(16-6-2)26-11-8-24(9-12-26)33-38-30-19-25(29(17-21(3)42)39-34(44)32(37)22(4)43)10-14-31(30)41(33)20-23-7-13-27(35)28(36)18-23;1-3-4-8-21(28)26(35)31-22(17-19(2)34)20-9-10-24-23(18-20)30-25(27-29-11-16-36-27)33(24)15-14-32-12-6-5-7-13-32/h7-14,18-19,22,29,32,43H,5-6,15-17,20,37H2,1-4H3,(H,39,44);9-11,16,18,21-22H,3-8,12-15,17,28H2,1-2H3,(H,31,35)/t22?,29?,32-;21-,22?/m00/s1. The van der Waals surface area contributed by atoms with Crippen LogP contribution in [0.5, 0.6) is 0 Å². The number of hydrogen-bond acceptors (Lipinski definition) is 13. The molecular weight excluding hydrogens is 1040 g/mol. The Morgan fingerprint density at radius 2 is 1.32 bits per heavy atom. The summed E-state index contributed by atoms with van der Waals surface area (Å²) in [4.78, 5) is 68.9. The van der Waals surface area contributed by atoms with Crippen molar-refractivity contribution in [1.82, 2.24) is 39.6 Å². The Kier molecular flexibility index (Phi) is 22.1. The molecule has 428 valence electrons. The van der Waals surface area contributed by atoms with Gasteiger partial charge in [-0.2, -0.15) is 0 Å². The number of benzene rings is 4. The van der Waals surface area contributed by atoms with Gasteiger partial charge in [-0.15, -0.1) is 11.3 Å². The second kappa shape index (κ2) is 29.1. The molecule has 1 saturated heterocycles. The molecule has 3 unspecified atom stereocenters. The number of unbranched alkanes of at least 4 members (excludes halogenated alkanes) is 1. The minimum Gasteiger partial charge on any atom is -0.391 e. The maximum absolute atomic E-state index is 14.2. The van der Waals surface area contributed by atoms with Gasteiger partial charge in [0.15, 0.2) is 22.5 Å². The number of rotatable bonds is 26. The third kappa shape index (κ3) is 16.0. The first kappa shape index (κ1) is 60.9. The van der Waals surface area contributed by atoms with Gasteiger partial charge in [-0.3, -0.25) is 19.2 Å². The third-order valence-electron chi connectivity index (χ3n) is 14.5. The number of aliphatic hydroxyl groups is 1. The molecular formula is C61H79F2N11O5S. The van der Waals surface area contributed by atoms with E-state index in [4.69, 9.17) is 21.4 Å². The zero-order chi connectivity index (χ0) is 57.5. The molecule has 4 heterocycles. The van der Waals surface area contributed by atoms with Crippen LogP contribution in [0.4, 0.5) is 14.5 Å². The number of carbonyl (C=O) groups excluding carboxylic acids is 4. The molecule has 16 nitrogen and oxygen atoms in total. The van der Waals surface area contributed by atoms with Crippen LogP contribution in [0.25, 0.3) is 44.3 Å². The molecule has 0 spiro atoms. The van der Waals surface area contributed by atoms with E-state index in [-0.39, 0.29) is 36.9 Å². The van der Waals surface area contributed by atoms with Crippen LogP contribution in [-0.2, 0) is 32.3 Å². The summed E-state index contributed by atoms with van der Waals surface area (Å²) in [7, 11) is 0. The van der Waals surface area contributed by atoms with Gasteiger partial charge in [-0.05, 0) is 143 Å². The molecule has 19 heteroatoms. The summed E-state index contributed by atoms with van der Waals surface area (Å²) >= 11 is 1.58. The summed E-state index contributed by atoms with van der Waals surface area (Å²) in [6.07, 6.45) is 9.40. The Hall–Kier alpha value is -6.77. The topological polar surface area (TPSA) is 220 Å². The van der Waals surface area contributed by atoms with E-state index in [0.29, 0.717) is 28.9 Å². The van der Waals surface area contributed by atoms with E-state index in [1.165, 1.54) is 39.2 Å². The van der Waals surface area contributed by atoms with Crippen molar-refractivity contribution in [3.63, 3.8) is 0 Å². The molecule has 0 bridgehead atoms. The summed E-state index contributed by atoms with van der Waals surface area (Å²) in [6, 6.07) is 20.6. The fourth-order valence-electron chi connectivity index (χ4n) is 10.2. The lowest BCUT2D eigenvalue weighted by molar-refractivity contribution is -0.126. The van der Waals surface area contributed by atoms with Crippen LogP contribution in [0.15, 0.2) is 90.4 Å². The maximum atomic E-state index is 14.2. The molecule has 8 rings (SSSR count). The van der Waals surface area contributed by atoms with Gasteiger partial charge in [0.25, 0.3) is 0 Å². The summed E-state index contributed by atoms with van der Waals surface area (Å²) in [6.45, 7) is 17.0. The molecule has 4 aromatic carbocycles. The van der Waals surface area contributed by atoms with Crippen LogP contribution in [0.3, 0.4) is 0 Å². The highest BCUT2D eigenvalue weighted by Gasteiger charge is 2.26. The van der Waals surface area contributed by atoms with Crippen LogP contribution >= 0.6 is 11.3 Å². The van der Waals surface area contributed by atoms with E-state index in [9.17, 15) is 33.1 Å². The molecule has 1 fully saturated rings. The van der Waals surface area contributed by atoms with Gasteiger partial charge in [0.1, 0.15) is 23.4 Å². The van der Waals surface area contributed by atoms with Gasteiger partial charge in [0.05, 0.1) is 46.3 Å². The van der Waals surface area contributed by atoms with Gasteiger partial charge >= 0.3 is 0 Å². The summed E-state index contributed by atoms with van der Waals surface area (Å²) in [5.41, 5.74) is 19.2. The number of nitrogens with zero attached hydrogens (tertiary/aromatic N) is 7. The van der Waals surface area contributed by atoms with Gasteiger partial charge in [-0.25, -0.2) is 23.7 Å². The Labute approximate surface area is 472 Å². The van der Waals surface area contributed by atoms with E-state index in [2.05, 4.69) is 69.0 Å². The van der Waals surface area contributed by atoms with E-state index in [0.717, 1.165) is 115 Å². The van der Waals surface area contributed by atoms with Gasteiger partial charge in [0.2, 0.25) is 11.8 Å². The molecule has 0 radical (unpaired) electrons. The largest absolute Gasteiger partial charge is 0.391 e. The molecule has 5 atom stereocenters. The molecule has 3 aromatic heterocycles. The number of nitrogens with two attached hydrogens (primary N) is 2. The number of Topliss-reactive ketones (excluding diaryl/α,β-unsaturated/α-hetero) is 2. The number of hydrogen-bond donors (Lipinski definition) is 5. The first-order valence-corrected chi connectivity index (χ1v) is 29.1. The third-order valence-corrected chi connectivity index (χ3v) is 15.3. The highest BCUT2D eigenvalue weighted by Crippen LogP contribution is 2.33. The number of amides is 2. The SMILES string of the molecule is CCCC[C@H](N)C(=O)NC(CC(C)=O)c1ccc2c(c1)nc(-c1nccs1)n2CCN1CCCCC1.CCCN(CCC)c1ccc(-c2nc3cc(C(CC(C)=O)NC(=O)[C@@H](N)C(C)O)ccc3n2Cc2ccc(F)c(F)c2)cc1. The average molecular weight is 1120 g/mol. The van der Waals surface area contributed by atoms with Gasteiger partial charge < -0.3 is 46.1 Å². The van der Waals surface area contributed by atoms with Crippen molar-refractivity contribution in [2.75, 3.05) is 37.6 Å². The van der Waals surface area contributed by atoms with E-state index < -0.39 is 47.8 Å². The number of nitrogens with one attached hydrogen (secondary N) is 2. The summed E-state index contributed by atoms with van der Waals surface area (Å²) < 4.78 is 32.1. The molecule has 1 aliphatic heterocycles. The smallest absolute Gasteiger partial charge is 0.240 e. The van der Waals surface area contributed by atoms with Crippen LogP contribution in [0.2, 0.25) is 0 Å². The summed E-state index contributed by atoms with van der Waals surface area (Å²) in [5, 5.41) is 18.4. The van der Waals surface area contributed by atoms with Crippen molar-refractivity contribution in [2.45, 2.75) is 149 Å². The first-order chi connectivity index (χ1) is 38.5. The molecule has 1 aliphatic rings. The number of halogens is 2. The Morgan fingerprint density at radius 1 is 0.725 bits per heavy atom. The maximum Gasteiger partial charge on any atom is 0.240 e. The second-order valence-corrected chi connectivity index (χ2v) is 22.0. The predicted octanol–water partition coefficient (Wildman–Crippen LogP) is 9.80. The van der Waals surface area contributed by atoms with Crippen molar-refractivity contribution in [2.24, 2.45) is 11.5 Å². The monoisotopic (exact) mass is 1120 g/mol. The van der Waals surface area contributed by atoms with Crippen molar-refractivity contribution in [3.05, 3.63) is 119 Å². The number of aromatic nitrogens is 5. The Morgan fingerprint density at radius 3 is 1.88 bits per heavy atom. The highest BCUT2D eigenvalue weighted by molar-refractivity contribution is 7.13.